The van der Waals surface area contributed by atoms with Crippen LogP contribution in [0.15, 0.2) is 40.9 Å². The fourth-order valence-electron chi connectivity index (χ4n) is 2.72. The largest absolute Gasteiger partial charge is 0.485 e. The Morgan fingerprint density at radius 3 is 2.70 bits per heavy atom. The number of hydrogen-bond acceptors (Lipinski definition) is 2. The predicted molar refractivity (Wildman–Crippen MR) is 83.0 cm³/mol. The Labute approximate surface area is 127 Å². The van der Waals surface area contributed by atoms with E-state index in [0.29, 0.717) is 6.42 Å². The number of halogens is 1. The summed E-state index contributed by atoms with van der Waals surface area (Å²) < 4.78 is 7.06. The van der Waals surface area contributed by atoms with Gasteiger partial charge < -0.3 is 9.84 Å². The molecule has 2 atom stereocenters. The lowest BCUT2D eigenvalue weighted by atomic mass is 9.92. The molecule has 1 heterocycles. The van der Waals surface area contributed by atoms with Gasteiger partial charge in [0.05, 0.1) is 6.10 Å². The molecule has 0 saturated heterocycles. The van der Waals surface area contributed by atoms with Crippen LogP contribution in [0.5, 0.6) is 5.75 Å². The second kappa shape index (κ2) is 5.23. The third-order valence-electron chi connectivity index (χ3n) is 3.82. The van der Waals surface area contributed by atoms with E-state index in [1.807, 2.05) is 18.2 Å². The lowest BCUT2D eigenvalue weighted by Crippen LogP contribution is -2.19. The van der Waals surface area contributed by atoms with Crippen molar-refractivity contribution in [1.29, 1.82) is 0 Å². The molecule has 0 saturated carbocycles. The summed E-state index contributed by atoms with van der Waals surface area (Å²) in [7, 11) is 0. The van der Waals surface area contributed by atoms with Crippen LogP contribution in [0, 0.1) is 13.8 Å². The molecule has 0 fully saturated rings. The van der Waals surface area contributed by atoms with E-state index in [4.69, 9.17) is 4.74 Å². The molecule has 2 aromatic carbocycles. The third-order valence-corrected chi connectivity index (χ3v) is 4.31. The van der Waals surface area contributed by atoms with Crippen molar-refractivity contribution in [2.75, 3.05) is 0 Å². The minimum atomic E-state index is -0.485. The smallest absolute Gasteiger partial charge is 0.127 e. The van der Waals surface area contributed by atoms with Gasteiger partial charge in [-0.3, -0.25) is 0 Å². The average molecular weight is 333 g/mol. The van der Waals surface area contributed by atoms with Crippen LogP contribution in [0.3, 0.4) is 0 Å². The van der Waals surface area contributed by atoms with Gasteiger partial charge in [0.15, 0.2) is 0 Å². The van der Waals surface area contributed by atoms with Crippen LogP contribution in [0.25, 0.3) is 0 Å². The number of benzene rings is 2. The molecule has 20 heavy (non-hydrogen) atoms. The first-order valence-electron chi connectivity index (χ1n) is 6.76. The van der Waals surface area contributed by atoms with E-state index < -0.39 is 6.10 Å². The van der Waals surface area contributed by atoms with Gasteiger partial charge in [0.1, 0.15) is 11.9 Å². The zero-order valence-corrected chi connectivity index (χ0v) is 13.1. The van der Waals surface area contributed by atoms with Crippen LogP contribution < -0.4 is 4.74 Å². The number of ether oxygens (including phenoxy) is 1. The summed E-state index contributed by atoms with van der Waals surface area (Å²) in [5.41, 5.74) is 4.44. The second-order valence-corrected chi connectivity index (χ2v) is 6.32. The van der Waals surface area contributed by atoms with Crippen molar-refractivity contribution in [2.45, 2.75) is 32.5 Å². The lowest BCUT2D eigenvalue weighted by molar-refractivity contribution is 0.0654. The Balaban J connectivity index is 1.99. The Bertz CT molecular complexity index is 651. The van der Waals surface area contributed by atoms with Crippen LogP contribution in [0.4, 0.5) is 0 Å². The molecule has 0 spiro atoms. The minimum absolute atomic E-state index is 0.0847. The van der Waals surface area contributed by atoms with Crippen molar-refractivity contribution in [3.8, 4) is 5.75 Å². The third kappa shape index (κ3) is 2.48. The van der Waals surface area contributed by atoms with Crippen LogP contribution in [0.1, 0.15) is 40.9 Å². The maximum atomic E-state index is 10.4. The first-order valence-corrected chi connectivity index (χ1v) is 7.55. The Morgan fingerprint density at radius 2 is 1.90 bits per heavy atom. The molecule has 1 unspecified atom stereocenters. The lowest BCUT2D eigenvalue weighted by Gasteiger charge is -2.31. The number of aliphatic hydroxyl groups excluding tert-OH is 1. The van der Waals surface area contributed by atoms with Gasteiger partial charge in [-0.05, 0) is 43.2 Å². The second-order valence-electron chi connectivity index (χ2n) is 5.40. The van der Waals surface area contributed by atoms with E-state index in [-0.39, 0.29) is 6.10 Å². The maximum Gasteiger partial charge on any atom is 0.127 e. The molecule has 1 aliphatic rings. The molecule has 1 N–H and O–H groups in total. The summed E-state index contributed by atoms with van der Waals surface area (Å²) in [6, 6.07) is 12.1. The van der Waals surface area contributed by atoms with Gasteiger partial charge >= 0.3 is 0 Å². The van der Waals surface area contributed by atoms with Gasteiger partial charge in [-0.25, -0.2) is 0 Å². The Morgan fingerprint density at radius 1 is 1.10 bits per heavy atom. The Kier molecular flexibility index (Phi) is 3.57. The van der Waals surface area contributed by atoms with E-state index in [9.17, 15) is 5.11 Å². The molecule has 0 aliphatic carbocycles. The molecule has 2 aromatic rings. The van der Waals surface area contributed by atoms with Crippen molar-refractivity contribution in [2.24, 2.45) is 0 Å². The molecule has 0 radical (unpaired) electrons. The molecule has 1 aliphatic heterocycles. The van der Waals surface area contributed by atoms with Crippen molar-refractivity contribution < 1.29 is 9.84 Å². The number of aliphatic hydroxyl groups is 1. The van der Waals surface area contributed by atoms with Crippen LogP contribution in [0.2, 0.25) is 0 Å². The number of hydrogen-bond donors (Lipinski definition) is 1. The predicted octanol–water partition coefficient (Wildman–Crippen LogP) is 4.62. The molecule has 2 nitrogen and oxygen atoms in total. The first kappa shape index (κ1) is 13.7. The highest BCUT2D eigenvalue weighted by Gasteiger charge is 2.29. The van der Waals surface area contributed by atoms with Gasteiger partial charge in [-0.1, -0.05) is 39.7 Å². The normalized spacial score (nSPS) is 21.2. The number of fused-ring (bicyclic) bond motifs is 1. The monoisotopic (exact) mass is 332 g/mol. The van der Waals surface area contributed by atoms with E-state index in [1.165, 1.54) is 11.1 Å². The molecular formula is C17H17BrO2. The summed E-state index contributed by atoms with van der Waals surface area (Å²) in [6.45, 7) is 4.16. The van der Waals surface area contributed by atoms with E-state index >= 15 is 0 Å². The SMILES string of the molecule is Cc1ccc(C)c(C2C[C@H](O)c3cc(Br)ccc3O2)c1. The molecule has 104 valence electrons. The molecule has 0 aromatic heterocycles. The zero-order valence-electron chi connectivity index (χ0n) is 11.6. The molecule has 3 heteroatoms. The maximum absolute atomic E-state index is 10.4. The van der Waals surface area contributed by atoms with Gasteiger partial charge in [0.25, 0.3) is 0 Å². The van der Waals surface area contributed by atoms with Crippen molar-refractivity contribution >= 4 is 15.9 Å². The highest BCUT2D eigenvalue weighted by Crippen LogP contribution is 2.42. The molecular weight excluding hydrogens is 316 g/mol. The number of rotatable bonds is 1. The summed E-state index contributed by atoms with van der Waals surface area (Å²) in [6.07, 6.45) is 0.0213. The van der Waals surface area contributed by atoms with Gasteiger partial charge in [-0.15, -0.1) is 0 Å². The average Bonchev–Trinajstić information content (AvgIpc) is 2.42. The fourth-order valence-corrected chi connectivity index (χ4v) is 3.09. The summed E-state index contributed by atoms with van der Waals surface area (Å²) in [5.74, 6) is 0.776. The quantitative estimate of drug-likeness (QED) is 0.825. The minimum Gasteiger partial charge on any atom is -0.485 e. The fraction of sp³-hybridized carbons (Fsp3) is 0.294. The van der Waals surface area contributed by atoms with E-state index in [0.717, 1.165) is 21.3 Å². The summed E-state index contributed by atoms with van der Waals surface area (Å²) in [5, 5.41) is 10.4. The Hall–Kier alpha value is -1.32. The van der Waals surface area contributed by atoms with Crippen molar-refractivity contribution in [3.05, 3.63) is 63.1 Å². The first-order chi connectivity index (χ1) is 9.54. The van der Waals surface area contributed by atoms with E-state index in [1.54, 1.807) is 0 Å². The van der Waals surface area contributed by atoms with Crippen LogP contribution in [-0.4, -0.2) is 5.11 Å². The number of aryl methyl sites for hydroxylation is 2. The molecule has 0 amide bonds. The van der Waals surface area contributed by atoms with Gasteiger partial charge in [0, 0.05) is 16.5 Å². The standard InChI is InChI=1S/C17H17BrO2/c1-10-3-4-11(2)13(7-10)17-9-15(19)14-8-12(18)5-6-16(14)20-17/h3-8,15,17,19H,9H2,1-2H3/t15-,17?/m0/s1. The van der Waals surface area contributed by atoms with Crippen molar-refractivity contribution in [3.63, 3.8) is 0 Å². The highest BCUT2D eigenvalue weighted by molar-refractivity contribution is 9.10. The topological polar surface area (TPSA) is 29.5 Å². The zero-order chi connectivity index (χ0) is 14.3. The van der Waals surface area contributed by atoms with Crippen molar-refractivity contribution in [1.82, 2.24) is 0 Å². The van der Waals surface area contributed by atoms with Gasteiger partial charge in [-0.2, -0.15) is 0 Å². The van der Waals surface area contributed by atoms with Crippen LogP contribution in [-0.2, 0) is 0 Å². The van der Waals surface area contributed by atoms with E-state index in [2.05, 4.69) is 48.0 Å². The summed E-state index contributed by atoms with van der Waals surface area (Å²) in [4.78, 5) is 0. The van der Waals surface area contributed by atoms with Gasteiger partial charge in [0.2, 0.25) is 0 Å². The van der Waals surface area contributed by atoms with Crippen LogP contribution >= 0.6 is 15.9 Å². The molecule has 3 rings (SSSR count). The molecule has 0 bridgehead atoms. The highest BCUT2D eigenvalue weighted by atomic mass is 79.9. The summed E-state index contributed by atoms with van der Waals surface area (Å²) >= 11 is 3.43.